The van der Waals surface area contributed by atoms with E-state index in [0.717, 1.165) is 0 Å². The highest BCUT2D eigenvalue weighted by molar-refractivity contribution is 8.69. The predicted octanol–water partition coefficient (Wildman–Crippen LogP) is 2.69. The van der Waals surface area contributed by atoms with E-state index >= 15 is 0 Å². The van der Waals surface area contributed by atoms with Crippen LogP contribution in [0.2, 0.25) is 0 Å². The molecule has 4 rings (SSSR count). The van der Waals surface area contributed by atoms with Gasteiger partial charge >= 0.3 is 0 Å². The highest BCUT2D eigenvalue weighted by Crippen LogP contribution is 2.69. The van der Waals surface area contributed by atoms with E-state index in [0.29, 0.717) is 0 Å². The first-order valence-corrected chi connectivity index (χ1v) is 11.9. The Balaban J connectivity index is 0.00000210. The van der Waals surface area contributed by atoms with E-state index in [2.05, 4.69) is 121 Å². The third-order valence-corrected chi connectivity index (χ3v) is 11.5. The Bertz CT molecular complexity index is 848. The first-order valence-electron chi connectivity index (χ1n) is 8.70. The number of hydrogen-bond donors (Lipinski definition) is 0. The van der Waals surface area contributed by atoms with Crippen LogP contribution in [-0.4, -0.2) is 0 Å². The van der Waals surface area contributed by atoms with Crippen LogP contribution in [0.1, 0.15) is 0 Å². The fourth-order valence-corrected chi connectivity index (χ4v) is 10.1. The Labute approximate surface area is 172 Å². The second kappa shape index (κ2) is 9.24. The van der Waals surface area contributed by atoms with Gasteiger partial charge in [-0.2, -0.15) is 0 Å². The van der Waals surface area contributed by atoms with E-state index in [-0.39, 0.29) is 12.4 Å². The summed E-state index contributed by atoms with van der Waals surface area (Å²) in [5.41, 5.74) is 0. The SMILES string of the molecule is [Cl-].c1ccc(S[P+](c2ccccc2)(c2ccccc2)c2ccccc2)cc1. The molecule has 0 atom stereocenters. The van der Waals surface area contributed by atoms with Gasteiger partial charge in [0.2, 0.25) is 0 Å². The van der Waals surface area contributed by atoms with E-state index < -0.39 is 6.46 Å². The molecule has 0 aliphatic carbocycles. The van der Waals surface area contributed by atoms with E-state index in [4.69, 9.17) is 0 Å². The maximum Gasteiger partial charge on any atom is 0.176 e. The topological polar surface area (TPSA) is 0 Å². The van der Waals surface area contributed by atoms with Crippen LogP contribution in [0.4, 0.5) is 0 Å². The zero-order chi connectivity index (χ0) is 17.7. The van der Waals surface area contributed by atoms with Crippen LogP contribution >= 0.6 is 17.8 Å². The van der Waals surface area contributed by atoms with Gasteiger partial charge in [0.1, 0.15) is 15.9 Å². The van der Waals surface area contributed by atoms with Crippen molar-refractivity contribution in [1.82, 2.24) is 0 Å². The van der Waals surface area contributed by atoms with Gasteiger partial charge in [-0.3, -0.25) is 0 Å². The minimum Gasteiger partial charge on any atom is -1.00 e. The second-order valence-corrected chi connectivity index (χ2v) is 11.6. The fraction of sp³-hybridized carbons (Fsp3) is 0. The van der Waals surface area contributed by atoms with E-state index in [1.165, 1.54) is 20.8 Å². The van der Waals surface area contributed by atoms with Gasteiger partial charge in [0.15, 0.2) is 6.46 Å². The number of rotatable bonds is 5. The van der Waals surface area contributed by atoms with Crippen LogP contribution in [0.25, 0.3) is 0 Å². The first kappa shape index (κ1) is 19.7. The van der Waals surface area contributed by atoms with Crippen molar-refractivity contribution in [2.45, 2.75) is 4.90 Å². The lowest BCUT2D eigenvalue weighted by Crippen LogP contribution is -3.00. The maximum atomic E-state index is 2.28. The summed E-state index contributed by atoms with van der Waals surface area (Å²) in [4.78, 5) is 1.30. The Morgan fingerprint density at radius 2 is 0.704 bits per heavy atom. The normalized spacial score (nSPS) is 10.8. The average Bonchev–Trinajstić information content (AvgIpc) is 2.75. The van der Waals surface area contributed by atoms with Crippen LogP contribution in [0.5, 0.6) is 0 Å². The molecule has 4 aromatic carbocycles. The van der Waals surface area contributed by atoms with E-state index in [1.54, 1.807) is 0 Å². The Hall–Kier alpha value is -2.05. The largest absolute Gasteiger partial charge is 1.00 e. The minimum atomic E-state index is -1.86. The molecular formula is C24H20ClPS. The zero-order valence-electron chi connectivity index (χ0n) is 14.8. The van der Waals surface area contributed by atoms with Crippen LogP contribution in [-0.2, 0) is 0 Å². The predicted molar refractivity (Wildman–Crippen MR) is 117 cm³/mol. The van der Waals surface area contributed by atoms with Gasteiger partial charge in [0.25, 0.3) is 0 Å². The molecular weight excluding hydrogens is 387 g/mol. The Morgan fingerprint density at radius 3 is 1.04 bits per heavy atom. The Morgan fingerprint density at radius 1 is 0.407 bits per heavy atom. The van der Waals surface area contributed by atoms with Crippen molar-refractivity contribution in [1.29, 1.82) is 0 Å². The molecule has 4 aromatic rings. The first-order chi connectivity index (χ1) is 12.9. The van der Waals surface area contributed by atoms with Crippen LogP contribution in [0, 0.1) is 0 Å². The van der Waals surface area contributed by atoms with Crippen LogP contribution < -0.4 is 28.3 Å². The molecule has 0 radical (unpaired) electrons. The van der Waals surface area contributed by atoms with Crippen molar-refractivity contribution in [2.24, 2.45) is 0 Å². The third kappa shape index (κ3) is 4.12. The molecule has 0 bridgehead atoms. The second-order valence-electron chi connectivity index (χ2n) is 6.02. The zero-order valence-corrected chi connectivity index (χ0v) is 17.2. The van der Waals surface area contributed by atoms with Crippen LogP contribution in [0.3, 0.4) is 0 Å². The minimum absolute atomic E-state index is 0. The average molecular weight is 407 g/mol. The molecule has 0 aromatic heterocycles. The quantitative estimate of drug-likeness (QED) is 0.459. The molecule has 0 unspecified atom stereocenters. The summed E-state index contributed by atoms with van der Waals surface area (Å²) in [5, 5.41) is 4.18. The highest BCUT2D eigenvalue weighted by atomic mass is 35.5. The van der Waals surface area contributed by atoms with Crippen molar-refractivity contribution in [3.8, 4) is 0 Å². The lowest BCUT2D eigenvalue weighted by atomic mass is 10.4. The molecule has 0 saturated carbocycles. The van der Waals surface area contributed by atoms with Gasteiger partial charge < -0.3 is 12.4 Å². The lowest BCUT2D eigenvalue weighted by Gasteiger charge is -2.25. The molecule has 0 fully saturated rings. The molecule has 134 valence electrons. The maximum absolute atomic E-state index is 2.28. The third-order valence-electron chi connectivity index (χ3n) is 4.34. The van der Waals surface area contributed by atoms with Gasteiger partial charge in [-0.05, 0) is 48.5 Å². The molecule has 0 heterocycles. The summed E-state index contributed by atoms with van der Waals surface area (Å²) >= 11 is 2.01. The summed E-state index contributed by atoms with van der Waals surface area (Å²) in [5.74, 6) is 0. The van der Waals surface area contributed by atoms with Crippen molar-refractivity contribution in [3.05, 3.63) is 121 Å². The van der Waals surface area contributed by atoms with E-state index in [9.17, 15) is 0 Å². The molecule has 0 amide bonds. The lowest BCUT2D eigenvalue weighted by molar-refractivity contribution is -0.00000487. The van der Waals surface area contributed by atoms with Crippen molar-refractivity contribution >= 4 is 33.8 Å². The fourth-order valence-electron chi connectivity index (χ4n) is 3.16. The van der Waals surface area contributed by atoms with Gasteiger partial charge in [-0.1, -0.05) is 72.8 Å². The number of hydrogen-bond acceptors (Lipinski definition) is 1. The van der Waals surface area contributed by atoms with E-state index in [1.807, 2.05) is 11.4 Å². The van der Waals surface area contributed by atoms with Gasteiger partial charge in [0.05, 0.1) is 11.4 Å². The van der Waals surface area contributed by atoms with Crippen molar-refractivity contribution in [2.75, 3.05) is 0 Å². The summed E-state index contributed by atoms with van der Waals surface area (Å²) in [7, 11) is 0. The summed E-state index contributed by atoms with van der Waals surface area (Å²) in [6.07, 6.45) is 0. The standard InChI is InChI=1S/C24H20PS.ClH/c1-5-13-21(14-6-1)25(22-15-7-2-8-16-22,23-17-9-3-10-18-23)26-24-19-11-4-12-20-24;/h1-20H;1H/q+1;/p-1. The molecule has 3 heteroatoms. The smallest absolute Gasteiger partial charge is 0.176 e. The molecule has 0 spiro atoms. The molecule has 0 N–H and O–H groups in total. The van der Waals surface area contributed by atoms with Gasteiger partial charge in [0, 0.05) is 4.90 Å². The molecule has 27 heavy (non-hydrogen) atoms. The number of halogens is 1. The summed E-state index contributed by atoms with van der Waals surface area (Å²) in [6, 6.07) is 43.7. The van der Waals surface area contributed by atoms with Crippen molar-refractivity contribution < 1.29 is 12.4 Å². The molecule has 0 aliphatic heterocycles. The van der Waals surface area contributed by atoms with Crippen LogP contribution in [0.15, 0.2) is 126 Å². The van der Waals surface area contributed by atoms with Gasteiger partial charge in [-0.25, -0.2) is 0 Å². The monoisotopic (exact) mass is 406 g/mol. The van der Waals surface area contributed by atoms with Crippen molar-refractivity contribution in [3.63, 3.8) is 0 Å². The summed E-state index contributed by atoms with van der Waals surface area (Å²) < 4.78 is 0. The molecule has 0 nitrogen and oxygen atoms in total. The highest BCUT2D eigenvalue weighted by Gasteiger charge is 2.47. The summed E-state index contributed by atoms with van der Waals surface area (Å²) in [6.45, 7) is -1.86. The molecule has 0 aliphatic rings. The number of benzene rings is 4. The van der Waals surface area contributed by atoms with Gasteiger partial charge in [-0.15, -0.1) is 0 Å². The molecule has 0 saturated heterocycles. The Kier molecular flexibility index (Phi) is 6.74.